The van der Waals surface area contributed by atoms with E-state index in [0.29, 0.717) is 22.7 Å². The van der Waals surface area contributed by atoms with Crippen LogP contribution in [0.3, 0.4) is 0 Å². The van der Waals surface area contributed by atoms with E-state index in [0.717, 1.165) is 5.39 Å². The van der Waals surface area contributed by atoms with E-state index in [1.165, 1.54) is 26.4 Å². The topological polar surface area (TPSA) is 77.5 Å². The normalized spacial score (nSPS) is 11.2. The Balaban J connectivity index is 2.04. The molecule has 6 nitrogen and oxygen atoms in total. The zero-order valence-corrected chi connectivity index (χ0v) is 14.0. The van der Waals surface area contributed by atoms with E-state index in [4.69, 9.17) is 9.47 Å². The summed E-state index contributed by atoms with van der Waals surface area (Å²) in [6, 6.07) is 13.2. The predicted octanol–water partition coefficient (Wildman–Crippen LogP) is 3.05. The zero-order chi connectivity index (χ0) is 17.2. The summed E-state index contributed by atoms with van der Waals surface area (Å²) in [4.78, 5) is 4.39. The Morgan fingerprint density at radius 1 is 0.958 bits per heavy atom. The number of benzene rings is 2. The summed E-state index contributed by atoms with van der Waals surface area (Å²) in [6.45, 7) is 0. The number of sulfonamides is 1. The Kier molecular flexibility index (Phi) is 4.26. The first kappa shape index (κ1) is 16.1. The van der Waals surface area contributed by atoms with Gasteiger partial charge in [0, 0.05) is 17.6 Å². The maximum absolute atomic E-state index is 12.6. The minimum Gasteiger partial charge on any atom is -0.497 e. The molecule has 7 heteroatoms. The summed E-state index contributed by atoms with van der Waals surface area (Å²) in [6.07, 6.45) is 1.61. The highest BCUT2D eigenvalue weighted by Gasteiger charge is 2.17. The lowest BCUT2D eigenvalue weighted by atomic mass is 10.2. The number of ether oxygens (including phenoxy) is 2. The van der Waals surface area contributed by atoms with Crippen LogP contribution in [-0.2, 0) is 10.0 Å². The molecule has 1 aromatic heterocycles. The van der Waals surface area contributed by atoms with Gasteiger partial charge in [0.2, 0.25) is 0 Å². The van der Waals surface area contributed by atoms with Crippen LogP contribution in [0, 0.1) is 0 Å². The van der Waals surface area contributed by atoms with E-state index >= 15 is 0 Å². The molecule has 0 spiro atoms. The maximum Gasteiger partial charge on any atom is 0.261 e. The lowest BCUT2D eigenvalue weighted by Gasteiger charge is -2.12. The van der Waals surface area contributed by atoms with Crippen molar-refractivity contribution in [2.75, 3.05) is 18.9 Å². The van der Waals surface area contributed by atoms with Gasteiger partial charge in [-0.3, -0.25) is 9.71 Å². The van der Waals surface area contributed by atoms with Crippen LogP contribution in [0.15, 0.2) is 59.6 Å². The molecule has 0 amide bonds. The van der Waals surface area contributed by atoms with Gasteiger partial charge in [-0.05, 0) is 36.4 Å². The Morgan fingerprint density at radius 2 is 1.67 bits per heavy atom. The third-order valence-corrected chi connectivity index (χ3v) is 4.91. The van der Waals surface area contributed by atoms with Crippen molar-refractivity contribution in [1.82, 2.24) is 4.98 Å². The van der Waals surface area contributed by atoms with Crippen LogP contribution in [0.5, 0.6) is 11.5 Å². The van der Waals surface area contributed by atoms with Crippen LogP contribution < -0.4 is 14.2 Å². The highest BCUT2D eigenvalue weighted by Crippen LogP contribution is 2.29. The van der Waals surface area contributed by atoms with Gasteiger partial charge in [0.1, 0.15) is 11.5 Å². The molecule has 0 bridgehead atoms. The Bertz CT molecular complexity index is 970. The first-order valence-corrected chi connectivity index (χ1v) is 8.61. The fourth-order valence-corrected chi connectivity index (χ4v) is 3.38. The first-order chi connectivity index (χ1) is 11.5. The Hall–Kier alpha value is -2.80. The number of aromatic nitrogens is 1. The molecule has 0 aliphatic rings. The summed E-state index contributed by atoms with van der Waals surface area (Å²) in [5, 5.41) is 0.782. The quantitative estimate of drug-likeness (QED) is 0.770. The predicted molar refractivity (Wildman–Crippen MR) is 92.1 cm³/mol. The smallest absolute Gasteiger partial charge is 0.261 e. The zero-order valence-electron chi connectivity index (χ0n) is 13.2. The largest absolute Gasteiger partial charge is 0.497 e. The van der Waals surface area contributed by atoms with E-state index in [1.807, 2.05) is 6.07 Å². The van der Waals surface area contributed by atoms with Crippen LogP contribution in [0.4, 0.5) is 5.69 Å². The van der Waals surface area contributed by atoms with E-state index in [-0.39, 0.29) is 4.90 Å². The Labute approximate surface area is 140 Å². The summed E-state index contributed by atoms with van der Waals surface area (Å²) >= 11 is 0. The molecule has 0 radical (unpaired) electrons. The van der Waals surface area contributed by atoms with Gasteiger partial charge < -0.3 is 9.47 Å². The molecular formula is C17H16N2O4S. The minimum atomic E-state index is -3.76. The second kappa shape index (κ2) is 6.37. The van der Waals surface area contributed by atoms with Crippen LogP contribution >= 0.6 is 0 Å². The molecule has 3 rings (SSSR count). The van der Waals surface area contributed by atoms with E-state index < -0.39 is 10.0 Å². The molecule has 0 aliphatic heterocycles. The number of methoxy groups -OCH3 is 2. The first-order valence-electron chi connectivity index (χ1n) is 7.13. The molecule has 0 saturated heterocycles. The molecule has 1 N–H and O–H groups in total. The van der Waals surface area contributed by atoms with Crippen molar-refractivity contribution in [2.24, 2.45) is 0 Å². The van der Waals surface area contributed by atoms with Crippen molar-refractivity contribution >= 4 is 26.6 Å². The van der Waals surface area contributed by atoms with Crippen LogP contribution in [0.25, 0.3) is 10.9 Å². The molecule has 0 atom stereocenters. The second-order valence-corrected chi connectivity index (χ2v) is 6.71. The number of fused-ring (bicyclic) bond motifs is 1. The molecule has 0 saturated carbocycles. The lowest BCUT2D eigenvalue weighted by Crippen LogP contribution is -2.13. The molecule has 1 heterocycles. The van der Waals surface area contributed by atoms with Crippen molar-refractivity contribution < 1.29 is 17.9 Å². The number of pyridine rings is 1. The fourth-order valence-electron chi connectivity index (χ4n) is 2.32. The van der Waals surface area contributed by atoms with E-state index in [9.17, 15) is 8.42 Å². The minimum absolute atomic E-state index is 0.134. The standard InChI is InChI=1S/C17H16N2O4S/c1-22-13-5-7-15(8-6-13)24(20,21)19-16-11-14(23-2)10-12-4-3-9-18-17(12)16/h3-11,19H,1-2H3. The molecule has 0 fully saturated rings. The molecule has 0 aliphatic carbocycles. The van der Waals surface area contributed by atoms with Gasteiger partial charge in [-0.25, -0.2) is 8.42 Å². The Morgan fingerprint density at radius 3 is 2.33 bits per heavy atom. The van der Waals surface area contributed by atoms with Crippen LogP contribution in [-0.4, -0.2) is 27.6 Å². The highest BCUT2D eigenvalue weighted by atomic mass is 32.2. The number of nitrogens with one attached hydrogen (secondary N) is 1. The van der Waals surface area contributed by atoms with Gasteiger partial charge in [0.15, 0.2) is 0 Å². The molecule has 124 valence electrons. The summed E-state index contributed by atoms with van der Waals surface area (Å²) in [7, 11) is -0.705. The fraction of sp³-hybridized carbons (Fsp3) is 0.118. The van der Waals surface area contributed by atoms with Crippen molar-refractivity contribution in [3.8, 4) is 11.5 Å². The van der Waals surface area contributed by atoms with Crippen LogP contribution in [0.1, 0.15) is 0 Å². The highest BCUT2D eigenvalue weighted by molar-refractivity contribution is 7.92. The number of anilines is 1. The summed E-state index contributed by atoms with van der Waals surface area (Å²) < 4.78 is 38.1. The van der Waals surface area contributed by atoms with Gasteiger partial charge in [0.05, 0.1) is 30.3 Å². The second-order valence-electron chi connectivity index (χ2n) is 5.03. The average Bonchev–Trinajstić information content (AvgIpc) is 2.61. The van der Waals surface area contributed by atoms with Crippen molar-refractivity contribution in [1.29, 1.82) is 0 Å². The summed E-state index contributed by atoms with van der Waals surface area (Å²) in [5.74, 6) is 1.13. The number of hydrogen-bond acceptors (Lipinski definition) is 5. The lowest BCUT2D eigenvalue weighted by molar-refractivity contribution is 0.414. The van der Waals surface area contributed by atoms with Crippen LogP contribution in [0.2, 0.25) is 0 Å². The van der Waals surface area contributed by atoms with Crippen molar-refractivity contribution in [3.05, 3.63) is 54.7 Å². The van der Waals surface area contributed by atoms with Crippen molar-refractivity contribution in [3.63, 3.8) is 0 Å². The van der Waals surface area contributed by atoms with Gasteiger partial charge in [-0.15, -0.1) is 0 Å². The average molecular weight is 344 g/mol. The molecular weight excluding hydrogens is 328 g/mol. The monoisotopic (exact) mass is 344 g/mol. The molecule has 24 heavy (non-hydrogen) atoms. The SMILES string of the molecule is COc1ccc(S(=O)(=O)Nc2cc(OC)cc3cccnc23)cc1. The summed E-state index contributed by atoms with van der Waals surface area (Å²) in [5.41, 5.74) is 0.913. The van der Waals surface area contributed by atoms with Gasteiger partial charge in [0.25, 0.3) is 10.0 Å². The van der Waals surface area contributed by atoms with Gasteiger partial charge in [-0.1, -0.05) is 6.07 Å². The van der Waals surface area contributed by atoms with E-state index in [1.54, 1.807) is 36.5 Å². The number of nitrogens with zero attached hydrogens (tertiary/aromatic N) is 1. The maximum atomic E-state index is 12.6. The molecule has 2 aromatic carbocycles. The number of rotatable bonds is 5. The van der Waals surface area contributed by atoms with Gasteiger partial charge in [-0.2, -0.15) is 0 Å². The van der Waals surface area contributed by atoms with E-state index in [2.05, 4.69) is 9.71 Å². The molecule has 3 aromatic rings. The number of hydrogen-bond donors (Lipinski definition) is 1. The van der Waals surface area contributed by atoms with Gasteiger partial charge >= 0.3 is 0 Å². The van der Waals surface area contributed by atoms with Crippen molar-refractivity contribution in [2.45, 2.75) is 4.90 Å². The third-order valence-electron chi connectivity index (χ3n) is 3.53. The third kappa shape index (κ3) is 3.11. The molecule has 0 unspecified atom stereocenters.